The molecule has 1 amide bonds. The van der Waals surface area contributed by atoms with Crippen LogP contribution in [0.25, 0.3) is 0 Å². The summed E-state index contributed by atoms with van der Waals surface area (Å²) >= 11 is 0. The Hall–Kier alpha value is -1.59. The van der Waals surface area contributed by atoms with Gasteiger partial charge in [0, 0.05) is 19.6 Å². The minimum absolute atomic E-state index is 0.0223. The first-order chi connectivity index (χ1) is 9.45. The van der Waals surface area contributed by atoms with Crippen LogP contribution in [-0.2, 0) is 0 Å². The first kappa shape index (κ1) is 16.5. The van der Waals surface area contributed by atoms with Crippen LogP contribution in [0.3, 0.4) is 0 Å². The smallest absolute Gasteiger partial charge is 0.256 e. The molecule has 0 aliphatic heterocycles. The summed E-state index contributed by atoms with van der Waals surface area (Å²) < 4.78 is 0. The van der Waals surface area contributed by atoms with E-state index in [-0.39, 0.29) is 5.91 Å². The first-order valence-corrected chi connectivity index (χ1v) is 6.95. The zero-order chi connectivity index (χ0) is 15.1. The average Bonchev–Trinajstić information content (AvgIpc) is 2.42. The molecule has 0 fully saturated rings. The number of rotatable bonds is 7. The molecule has 1 aromatic carbocycles. The number of para-hydroxylation sites is 1. The normalized spacial score (nSPS) is 10.9. The topological polar surface area (TPSA) is 61.6 Å². The van der Waals surface area contributed by atoms with E-state index < -0.39 is 0 Å². The number of anilines is 1. The maximum atomic E-state index is 12.7. The Morgan fingerprint density at radius 3 is 2.45 bits per heavy atom. The first-order valence-electron chi connectivity index (χ1n) is 6.95. The molecule has 0 aliphatic carbocycles. The molecule has 0 bridgehead atoms. The van der Waals surface area contributed by atoms with Crippen LogP contribution >= 0.6 is 0 Å². The highest BCUT2D eigenvalue weighted by molar-refractivity contribution is 5.99. The van der Waals surface area contributed by atoms with E-state index in [1.54, 1.807) is 6.07 Å². The summed E-state index contributed by atoms with van der Waals surface area (Å²) in [5, 5.41) is 0. The van der Waals surface area contributed by atoms with E-state index in [9.17, 15) is 4.79 Å². The summed E-state index contributed by atoms with van der Waals surface area (Å²) in [6, 6.07) is 7.33. The van der Waals surface area contributed by atoms with Crippen molar-refractivity contribution in [3.05, 3.63) is 29.8 Å². The Bertz CT molecular complexity index is 432. The molecule has 3 N–H and O–H groups in total. The molecule has 5 nitrogen and oxygen atoms in total. The molecule has 0 radical (unpaired) electrons. The summed E-state index contributed by atoms with van der Waals surface area (Å²) in [5.74, 6) is 5.94. The molecule has 0 aromatic heterocycles. The van der Waals surface area contributed by atoms with Gasteiger partial charge in [0.1, 0.15) is 0 Å². The van der Waals surface area contributed by atoms with Gasteiger partial charge in [0.05, 0.1) is 11.3 Å². The van der Waals surface area contributed by atoms with Crippen LogP contribution in [-0.4, -0.2) is 49.4 Å². The highest BCUT2D eigenvalue weighted by Gasteiger charge is 2.19. The SMILES string of the molecule is CC(C)CN(CCN(C)C)C(=O)c1ccccc1NN. The van der Waals surface area contributed by atoms with Crippen molar-refractivity contribution >= 4 is 11.6 Å². The fourth-order valence-corrected chi connectivity index (χ4v) is 2.00. The lowest BCUT2D eigenvalue weighted by atomic mass is 10.1. The predicted molar refractivity (Wildman–Crippen MR) is 83.5 cm³/mol. The summed E-state index contributed by atoms with van der Waals surface area (Å²) in [6.07, 6.45) is 0. The molecular formula is C15H26N4O. The van der Waals surface area contributed by atoms with E-state index in [4.69, 9.17) is 5.84 Å². The zero-order valence-electron chi connectivity index (χ0n) is 12.9. The Morgan fingerprint density at radius 2 is 1.90 bits per heavy atom. The zero-order valence-corrected chi connectivity index (χ0v) is 12.9. The second-order valence-electron chi connectivity index (χ2n) is 5.64. The summed E-state index contributed by atoms with van der Waals surface area (Å²) in [5.41, 5.74) is 3.87. The van der Waals surface area contributed by atoms with Gasteiger partial charge in [-0.3, -0.25) is 10.6 Å². The molecule has 0 atom stereocenters. The van der Waals surface area contributed by atoms with E-state index >= 15 is 0 Å². The monoisotopic (exact) mass is 278 g/mol. The lowest BCUT2D eigenvalue weighted by Crippen LogP contribution is -2.39. The molecular weight excluding hydrogens is 252 g/mol. The number of carbonyl (C=O) groups excluding carboxylic acids is 1. The van der Waals surface area contributed by atoms with Crippen molar-refractivity contribution in [3.63, 3.8) is 0 Å². The minimum atomic E-state index is 0.0223. The third kappa shape index (κ3) is 4.83. The van der Waals surface area contributed by atoms with E-state index in [1.807, 2.05) is 37.2 Å². The van der Waals surface area contributed by atoms with Gasteiger partial charge in [0.15, 0.2) is 0 Å². The minimum Gasteiger partial charge on any atom is -0.337 e. The Balaban J connectivity index is 2.91. The van der Waals surface area contributed by atoms with Crippen molar-refractivity contribution < 1.29 is 4.79 Å². The molecule has 1 rings (SSSR count). The van der Waals surface area contributed by atoms with Crippen LogP contribution < -0.4 is 11.3 Å². The number of carbonyl (C=O) groups is 1. The lowest BCUT2D eigenvalue weighted by Gasteiger charge is -2.27. The molecule has 20 heavy (non-hydrogen) atoms. The number of nitrogens with two attached hydrogens (primary N) is 1. The highest BCUT2D eigenvalue weighted by Crippen LogP contribution is 2.16. The second-order valence-corrected chi connectivity index (χ2v) is 5.64. The maximum absolute atomic E-state index is 12.7. The van der Waals surface area contributed by atoms with Crippen LogP contribution in [0.15, 0.2) is 24.3 Å². The number of amides is 1. The van der Waals surface area contributed by atoms with E-state index in [0.717, 1.165) is 13.1 Å². The standard InChI is InChI=1S/C15H26N4O/c1-12(2)11-19(10-9-18(3)4)15(20)13-7-5-6-8-14(13)17-16/h5-8,12,17H,9-11,16H2,1-4H3. The summed E-state index contributed by atoms with van der Waals surface area (Å²) in [6.45, 7) is 6.53. The van der Waals surface area contributed by atoms with Crippen LogP contribution in [0.1, 0.15) is 24.2 Å². The van der Waals surface area contributed by atoms with Gasteiger partial charge >= 0.3 is 0 Å². The molecule has 0 saturated carbocycles. The molecule has 0 heterocycles. The fourth-order valence-electron chi connectivity index (χ4n) is 2.00. The van der Waals surface area contributed by atoms with Gasteiger partial charge in [0.25, 0.3) is 5.91 Å². The van der Waals surface area contributed by atoms with Gasteiger partial charge in [-0.05, 0) is 32.1 Å². The van der Waals surface area contributed by atoms with E-state index in [0.29, 0.717) is 23.7 Å². The largest absolute Gasteiger partial charge is 0.337 e. The maximum Gasteiger partial charge on any atom is 0.256 e. The quantitative estimate of drug-likeness (QED) is 0.588. The number of hydrogen-bond acceptors (Lipinski definition) is 4. The van der Waals surface area contributed by atoms with Crippen LogP contribution in [0, 0.1) is 5.92 Å². The van der Waals surface area contributed by atoms with Gasteiger partial charge in [-0.2, -0.15) is 0 Å². The van der Waals surface area contributed by atoms with Gasteiger partial charge in [0.2, 0.25) is 0 Å². The number of hydrazine groups is 1. The number of hydrogen-bond donors (Lipinski definition) is 2. The van der Waals surface area contributed by atoms with Gasteiger partial charge in [-0.1, -0.05) is 26.0 Å². The van der Waals surface area contributed by atoms with Crippen LogP contribution in [0.2, 0.25) is 0 Å². The third-order valence-corrected chi connectivity index (χ3v) is 3.00. The number of nitrogens with zero attached hydrogens (tertiary/aromatic N) is 2. The van der Waals surface area contributed by atoms with Gasteiger partial charge in [-0.15, -0.1) is 0 Å². The van der Waals surface area contributed by atoms with Crippen molar-refractivity contribution in [2.45, 2.75) is 13.8 Å². The fraction of sp³-hybridized carbons (Fsp3) is 0.533. The summed E-state index contributed by atoms with van der Waals surface area (Å²) in [7, 11) is 4.01. The molecule has 112 valence electrons. The van der Waals surface area contributed by atoms with Crippen LogP contribution in [0.4, 0.5) is 5.69 Å². The average molecular weight is 278 g/mol. The number of likely N-dealkylation sites (N-methyl/N-ethyl adjacent to an activating group) is 1. The van der Waals surface area contributed by atoms with Crippen molar-refractivity contribution in [1.82, 2.24) is 9.80 Å². The van der Waals surface area contributed by atoms with E-state index in [1.165, 1.54) is 0 Å². The van der Waals surface area contributed by atoms with Crippen LogP contribution in [0.5, 0.6) is 0 Å². The Kier molecular flexibility index (Phi) is 6.48. The van der Waals surface area contributed by atoms with Gasteiger partial charge < -0.3 is 15.2 Å². The summed E-state index contributed by atoms with van der Waals surface area (Å²) in [4.78, 5) is 16.7. The molecule has 0 saturated heterocycles. The van der Waals surface area contributed by atoms with Gasteiger partial charge in [-0.25, -0.2) is 0 Å². The van der Waals surface area contributed by atoms with Crippen molar-refractivity contribution in [1.29, 1.82) is 0 Å². The number of nitrogen functional groups attached to an aromatic ring is 1. The van der Waals surface area contributed by atoms with E-state index in [2.05, 4.69) is 24.2 Å². The highest BCUT2D eigenvalue weighted by atomic mass is 16.2. The number of benzene rings is 1. The van der Waals surface area contributed by atoms with Crippen molar-refractivity contribution in [2.24, 2.45) is 11.8 Å². The molecule has 5 heteroatoms. The lowest BCUT2D eigenvalue weighted by molar-refractivity contribution is 0.0725. The second kappa shape index (κ2) is 7.87. The van der Waals surface area contributed by atoms with Crippen molar-refractivity contribution in [3.8, 4) is 0 Å². The Morgan fingerprint density at radius 1 is 1.25 bits per heavy atom. The molecule has 0 spiro atoms. The predicted octanol–water partition coefficient (Wildman–Crippen LogP) is 1.63. The Labute approximate surface area is 121 Å². The molecule has 1 aromatic rings. The third-order valence-electron chi connectivity index (χ3n) is 3.00. The number of nitrogens with one attached hydrogen (secondary N) is 1. The van der Waals surface area contributed by atoms with Crippen molar-refractivity contribution in [2.75, 3.05) is 39.2 Å². The molecule has 0 aliphatic rings. The molecule has 0 unspecified atom stereocenters.